The first-order valence-electron chi connectivity index (χ1n) is 7.01. The van der Waals surface area contributed by atoms with Crippen molar-refractivity contribution in [2.75, 3.05) is 5.75 Å². The largest absolute Gasteiger partial charge is 0.506 e. The second kappa shape index (κ2) is 6.51. The van der Waals surface area contributed by atoms with Crippen molar-refractivity contribution in [1.82, 2.24) is 4.98 Å². The molecule has 0 atom stereocenters. The van der Waals surface area contributed by atoms with Crippen LogP contribution in [0.3, 0.4) is 0 Å². The Morgan fingerprint density at radius 1 is 1.38 bits per heavy atom. The number of nitriles is 1. The lowest BCUT2D eigenvalue weighted by molar-refractivity contribution is 0.102. The number of rotatable bonds is 4. The lowest BCUT2D eigenvalue weighted by Crippen LogP contribution is -2.03. The van der Waals surface area contributed by atoms with Crippen LogP contribution >= 0.6 is 23.1 Å². The van der Waals surface area contributed by atoms with E-state index in [0.29, 0.717) is 20.0 Å². The van der Waals surface area contributed by atoms with Gasteiger partial charge in [-0.15, -0.1) is 23.1 Å². The summed E-state index contributed by atoms with van der Waals surface area (Å²) < 4.78 is 1.04. The van der Waals surface area contributed by atoms with Crippen molar-refractivity contribution in [2.45, 2.75) is 11.1 Å². The number of nitrogens with zero attached hydrogens (tertiary/aromatic N) is 1. The molecule has 0 radical (unpaired) electrons. The number of H-pyrrole nitrogens is 1. The summed E-state index contributed by atoms with van der Waals surface area (Å²) in [7, 11) is 0. The van der Waals surface area contributed by atoms with E-state index >= 15 is 0 Å². The Bertz CT molecular complexity index is 1030. The number of thiophene rings is 1. The summed E-state index contributed by atoms with van der Waals surface area (Å²) in [6.07, 6.45) is 0. The van der Waals surface area contributed by atoms with Crippen LogP contribution in [-0.4, -0.2) is 21.6 Å². The highest BCUT2D eigenvalue weighted by Crippen LogP contribution is 2.40. The smallest absolute Gasteiger partial charge is 0.252 e. The van der Waals surface area contributed by atoms with Crippen LogP contribution < -0.4 is 5.56 Å². The third-order valence-corrected chi connectivity index (χ3v) is 5.93. The molecule has 5 nitrogen and oxygen atoms in total. The van der Waals surface area contributed by atoms with Crippen LogP contribution in [0, 0.1) is 18.3 Å². The summed E-state index contributed by atoms with van der Waals surface area (Å²) in [4.78, 5) is 26.3. The molecule has 0 saturated heterocycles. The molecule has 1 aromatic carbocycles. The maximum atomic E-state index is 12.3. The van der Waals surface area contributed by atoms with Gasteiger partial charge in [-0.1, -0.05) is 29.8 Å². The standard InChI is InChI=1S/C17H12N2O3S2/c1-9-2-4-10(5-3-9)13(21)8-23-17-11(7-18)15-16(24-17)12(20)6-14(22)19-15/h2-6H,8H2,1H3,(H2,19,20,22). The number of hydrogen-bond donors (Lipinski definition) is 2. The highest BCUT2D eigenvalue weighted by molar-refractivity contribution is 8.02. The number of Topliss-reactive ketones (excluding diaryl/α,β-unsaturated/α-hetero) is 1. The number of hydrogen-bond acceptors (Lipinski definition) is 6. The molecule has 0 bridgehead atoms. The number of fused-ring (bicyclic) bond motifs is 1. The number of benzene rings is 1. The molecule has 0 aliphatic carbocycles. The SMILES string of the molecule is Cc1ccc(C(=O)CSc2sc3c(O)cc(=O)[nH]c3c2C#N)cc1. The molecule has 3 rings (SSSR count). The average Bonchev–Trinajstić information content (AvgIpc) is 2.91. The van der Waals surface area contributed by atoms with Crippen molar-refractivity contribution in [1.29, 1.82) is 5.26 Å². The van der Waals surface area contributed by atoms with Gasteiger partial charge >= 0.3 is 0 Å². The van der Waals surface area contributed by atoms with Crippen molar-refractivity contribution in [3.8, 4) is 11.8 Å². The zero-order valence-corrected chi connectivity index (χ0v) is 14.3. The van der Waals surface area contributed by atoms with E-state index < -0.39 is 5.56 Å². The van der Waals surface area contributed by atoms with Gasteiger partial charge in [-0.05, 0) is 6.92 Å². The molecule has 7 heteroatoms. The molecule has 2 N–H and O–H groups in total. The Balaban J connectivity index is 1.89. The van der Waals surface area contributed by atoms with Crippen LogP contribution in [0.5, 0.6) is 5.75 Å². The van der Waals surface area contributed by atoms with E-state index in [1.807, 2.05) is 25.1 Å². The van der Waals surface area contributed by atoms with Gasteiger partial charge in [0.1, 0.15) is 17.4 Å². The van der Waals surface area contributed by atoms with E-state index in [-0.39, 0.29) is 22.8 Å². The van der Waals surface area contributed by atoms with Gasteiger partial charge in [0.05, 0.1) is 20.2 Å². The molecule has 0 fully saturated rings. The number of aromatic amines is 1. The number of aromatic nitrogens is 1. The maximum absolute atomic E-state index is 12.3. The van der Waals surface area contributed by atoms with Crippen molar-refractivity contribution in [3.63, 3.8) is 0 Å². The molecule has 0 aliphatic rings. The Hall–Kier alpha value is -2.56. The van der Waals surface area contributed by atoms with E-state index in [0.717, 1.165) is 11.6 Å². The Kier molecular flexibility index (Phi) is 4.42. The van der Waals surface area contributed by atoms with Gasteiger partial charge in [-0.3, -0.25) is 9.59 Å². The molecule has 24 heavy (non-hydrogen) atoms. The van der Waals surface area contributed by atoms with Crippen LogP contribution in [0.2, 0.25) is 0 Å². The van der Waals surface area contributed by atoms with E-state index in [4.69, 9.17) is 0 Å². The third kappa shape index (κ3) is 3.07. The number of nitrogens with one attached hydrogen (secondary N) is 1. The first kappa shape index (κ1) is 16.3. The fourth-order valence-electron chi connectivity index (χ4n) is 2.22. The van der Waals surface area contributed by atoms with Crippen molar-refractivity contribution < 1.29 is 9.90 Å². The summed E-state index contributed by atoms with van der Waals surface area (Å²) in [5.74, 6) is -0.0266. The van der Waals surface area contributed by atoms with Crippen LogP contribution in [-0.2, 0) is 0 Å². The molecule has 0 amide bonds. The molecule has 0 aliphatic heterocycles. The van der Waals surface area contributed by atoms with Gasteiger partial charge in [0.25, 0.3) is 5.56 Å². The van der Waals surface area contributed by atoms with E-state index in [1.165, 1.54) is 23.1 Å². The summed E-state index contributed by atoms with van der Waals surface area (Å²) in [6, 6.07) is 10.4. The van der Waals surface area contributed by atoms with Gasteiger partial charge in [0, 0.05) is 11.6 Å². The van der Waals surface area contributed by atoms with E-state index in [9.17, 15) is 20.0 Å². The Labute approximate surface area is 145 Å². The summed E-state index contributed by atoms with van der Waals surface area (Å²) in [5, 5.41) is 19.2. The molecule has 0 spiro atoms. The predicted octanol–water partition coefficient (Wildman–Crippen LogP) is 3.45. The number of aromatic hydroxyl groups is 1. The monoisotopic (exact) mass is 356 g/mol. The Morgan fingerprint density at radius 2 is 2.08 bits per heavy atom. The van der Waals surface area contributed by atoms with Gasteiger partial charge < -0.3 is 10.1 Å². The highest BCUT2D eigenvalue weighted by atomic mass is 32.2. The maximum Gasteiger partial charge on any atom is 0.252 e. The van der Waals surface area contributed by atoms with Gasteiger partial charge in [-0.25, -0.2) is 0 Å². The number of ketones is 1. The quantitative estimate of drug-likeness (QED) is 0.551. The van der Waals surface area contributed by atoms with E-state index in [2.05, 4.69) is 4.98 Å². The number of carbonyl (C=O) groups excluding carboxylic acids is 1. The lowest BCUT2D eigenvalue weighted by Gasteiger charge is -2.01. The zero-order valence-electron chi connectivity index (χ0n) is 12.6. The molecule has 3 aromatic rings. The normalized spacial score (nSPS) is 10.7. The number of pyridine rings is 1. The molecule has 120 valence electrons. The Morgan fingerprint density at radius 3 is 2.75 bits per heavy atom. The first-order valence-corrected chi connectivity index (χ1v) is 8.81. The molecule has 2 heterocycles. The summed E-state index contributed by atoms with van der Waals surface area (Å²) in [6.45, 7) is 1.95. The minimum atomic E-state index is -0.471. The molecular weight excluding hydrogens is 344 g/mol. The molecule has 2 aromatic heterocycles. The summed E-state index contributed by atoms with van der Waals surface area (Å²) >= 11 is 2.42. The lowest BCUT2D eigenvalue weighted by atomic mass is 10.1. The minimum absolute atomic E-state index is 0.0425. The number of thioether (sulfide) groups is 1. The number of carbonyl (C=O) groups is 1. The fourth-order valence-corrected chi connectivity index (χ4v) is 4.45. The van der Waals surface area contributed by atoms with Crippen molar-refractivity contribution >= 4 is 39.1 Å². The fraction of sp³-hybridized carbons (Fsp3) is 0.118. The van der Waals surface area contributed by atoms with Crippen LogP contribution in [0.1, 0.15) is 21.5 Å². The van der Waals surface area contributed by atoms with E-state index in [1.54, 1.807) is 12.1 Å². The molecule has 0 saturated carbocycles. The second-order valence-electron chi connectivity index (χ2n) is 5.18. The first-order chi connectivity index (χ1) is 11.5. The molecule has 0 unspecified atom stereocenters. The zero-order chi connectivity index (χ0) is 17.3. The van der Waals surface area contributed by atoms with Gasteiger partial charge in [0.15, 0.2) is 5.78 Å². The van der Waals surface area contributed by atoms with Gasteiger partial charge in [-0.2, -0.15) is 5.26 Å². The second-order valence-corrected chi connectivity index (χ2v) is 7.44. The average molecular weight is 356 g/mol. The summed E-state index contributed by atoms with van der Waals surface area (Å²) in [5.41, 5.74) is 1.82. The van der Waals surface area contributed by atoms with Crippen molar-refractivity contribution in [2.24, 2.45) is 0 Å². The third-order valence-electron chi connectivity index (χ3n) is 3.44. The highest BCUT2D eigenvalue weighted by Gasteiger charge is 2.18. The topological polar surface area (TPSA) is 93.9 Å². The van der Waals surface area contributed by atoms with Crippen LogP contribution in [0.25, 0.3) is 10.2 Å². The minimum Gasteiger partial charge on any atom is -0.506 e. The molecular formula is C17H12N2O3S2. The van der Waals surface area contributed by atoms with Gasteiger partial charge in [0.2, 0.25) is 0 Å². The van der Waals surface area contributed by atoms with Crippen LogP contribution in [0.4, 0.5) is 0 Å². The predicted molar refractivity (Wildman–Crippen MR) is 95.1 cm³/mol. The van der Waals surface area contributed by atoms with Crippen LogP contribution in [0.15, 0.2) is 39.3 Å². The number of aryl methyl sites for hydroxylation is 1. The van der Waals surface area contributed by atoms with Crippen molar-refractivity contribution in [3.05, 3.63) is 57.4 Å².